The van der Waals surface area contributed by atoms with Crippen LogP contribution in [0.5, 0.6) is 11.5 Å². The van der Waals surface area contributed by atoms with Gasteiger partial charge in [0.1, 0.15) is 18.1 Å². The van der Waals surface area contributed by atoms with Gasteiger partial charge < -0.3 is 19.7 Å². The van der Waals surface area contributed by atoms with Crippen LogP contribution in [0.4, 0.5) is 0 Å². The van der Waals surface area contributed by atoms with Crippen molar-refractivity contribution >= 4 is 5.91 Å². The molecule has 18 heavy (non-hydrogen) atoms. The summed E-state index contributed by atoms with van der Waals surface area (Å²) < 4.78 is 10.9. The maximum atomic E-state index is 12.5. The lowest BCUT2D eigenvalue weighted by atomic mass is 10.1. The lowest BCUT2D eigenvalue weighted by molar-refractivity contribution is 0.0606. The number of amides is 1. The van der Waals surface area contributed by atoms with Crippen LogP contribution >= 0.6 is 0 Å². The number of methoxy groups -OCH3 is 1. The van der Waals surface area contributed by atoms with Gasteiger partial charge >= 0.3 is 0 Å². The van der Waals surface area contributed by atoms with Gasteiger partial charge in [0.25, 0.3) is 5.91 Å². The number of carbonyl (C=O) groups is 1. The molecular formula is C13H16N2O3. The Morgan fingerprint density at radius 2 is 2.39 bits per heavy atom. The van der Waals surface area contributed by atoms with Crippen LogP contribution in [0.3, 0.4) is 0 Å². The monoisotopic (exact) mass is 248 g/mol. The number of benzene rings is 1. The molecule has 1 atom stereocenters. The van der Waals surface area contributed by atoms with Crippen molar-refractivity contribution in [2.75, 3.05) is 33.4 Å². The molecule has 5 heteroatoms. The molecule has 2 heterocycles. The number of hydrogen-bond donors (Lipinski definition) is 1. The molecule has 1 N–H and O–H groups in total. The largest absolute Gasteiger partial charge is 0.497 e. The molecule has 1 fully saturated rings. The highest BCUT2D eigenvalue weighted by atomic mass is 16.5. The van der Waals surface area contributed by atoms with E-state index in [0.717, 1.165) is 19.6 Å². The molecule has 1 aromatic carbocycles. The number of nitrogens with one attached hydrogen (secondary N) is 1. The second-order valence-corrected chi connectivity index (χ2v) is 4.53. The zero-order valence-corrected chi connectivity index (χ0v) is 10.3. The van der Waals surface area contributed by atoms with Gasteiger partial charge in [0.2, 0.25) is 0 Å². The third kappa shape index (κ3) is 1.80. The van der Waals surface area contributed by atoms with Crippen LogP contribution in [0.25, 0.3) is 0 Å². The van der Waals surface area contributed by atoms with Gasteiger partial charge in [-0.05, 0) is 18.2 Å². The van der Waals surface area contributed by atoms with Crippen molar-refractivity contribution < 1.29 is 14.3 Å². The minimum atomic E-state index is 0.0351. The van der Waals surface area contributed by atoms with Crippen molar-refractivity contribution in [3.8, 4) is 11.5 Å². The first-order valence-electron chi connectivity index (χ1n) is 6.12. The normalized spacial score (nSPS) is 22.6. The van der Waals surface area contributed by atoms with E-state index in [0.29, 0.717) is 23.7 Å². The molecule has 3 rings (SSSR count). The van der Waals surface area contributed by atoms with Crippen LogP contribution in [-0.4, -0.2) is 50.2 Å². The summed E-state index contributed by atoms with van der Waals surface area (Å²) in [6.45, 7) is 2.89. The molecule has 2 aliphatic rings. The van der Waals surface area contributed by atoms with Gasteiger partial charge in [-0.1, -0.05) is 0 Å². The molecule has 96 valence electrons. The lowest BCUT2D eigenvalue weighted by Gasteiger charge is -2.33. The Hall–Kier alpha value is -1.75. The number of hydrogen-bond acceptors (Lipinski definition) is 4. The molecule has 1 saturated heterocycles. The van der Waals surface area contributed by atoms with Crippen LogP contribution in [0.1, 0.15) is 10.4 Å². The molecule has 1 aromatic rings. The second-order valence-electron chi connectivity index (χ2n) is 4.53. The van der Waals surface area contributed by atoms with Crippen LogP contribution in [0, 0.1) is 0 Å². The van der Waals surface area contributed by atoms with Gasteiger partial charge in [-0.25, -0.2) is 0 Å². The van der Waals surface area contributed by atoms with Crippen LogP contribution in [0.15, 0.2) is 18.2 Å². The fourth-order valence-corrected chi connectivity index (χ4v) is 2.45. The standard InChI is InChI=1S/C13H16N2O3/c1-17-10-2-3-12-11(6-10)13(16)15-5-4-14-7-9(15)8-18-12/h2-3,6,9,14H,4-5,7-8H2,1H3. The highest BCUT2D eigenvalue weighted by Gasteiger charge is 2.32. The molecular weight excluding hydrogens is 232 g/mol. The molecule has 0 saturated carbocycles. The molecule has 0 bridgehead atoms. The van der Waals surface area contributed by atoms with Crippen molar-refractivity contribution in [1.82, 2.24) is 10.2 Å². The molecule has 5 nitrogen and oxygen atoms in total. The maximum Gasteiger partial charge on any atom is 0.258 e. The highest BCUT2D eigenvalue weighted by molar-refractivity contribution is 5.98. The number of carbonyl (C=O) groups excluding carboxylic acids is 1. The van der Waals surface area contributed by atoms with Gasteiger partial charge in [-0.3, -0.25) is 4.79 Å². The van der Waals surface area contributed by atoms with Crippen molar-refractivity contribution in [3.63, 3.8) is 0 Å². The molecule has 0 spiro atoms. The zero-order valence-electron chi connectivity index (χ0n) is 10.3. The Morgan fingerprint density at radius 1 is 1.50 bits per heavy atom. The van der Waals surface area contributed by atoms with E-state index in [9.17, 15) is 4.79 Å². The van der Waals surface area contributed by atoms with Gasteiger partial charge in [0.15, 0.2) is 0 Å². The van der Waals surface area contributed by atoms with E-state index in [1.54, 1.807) is 19.2 Å². The van der Waals surface area contributed by atoms with E-state index in [1.165, 1.54) is 0 Å². The third-order valence-electron chi connectivity index (χ3n) is 3.46. The fraction of sp³-hybridized carbons (Fsp3) is 0.462. The van der Waals surface area contributed by atoms with Crippen molar-refractivity contribution in [2.45, 2.75) is 6.04 Å². The molecule has 0 radical (unpaired) electrons. The first-order chi connectivity index (χ1) is 8.79. The summed E-state index contributed by atoms with van der Waals surface area (Å²) in [4.78, 5) is 14.4. The third-order valence-corrected chi connectivity index (χ3v) is 3.46. The minimum absolute atomic E-state index is 0.0351. The predicted octanol–water partition coefficient (Wildman–Crippen LogP) is 0.502. The second kappa shape index (κ2) is 4.49. The van der Waals surface area contributed by atoms with E-state index < -0.39 is 0 Å². The van der Waals surface area contributed by atoms with Gasteiger partial charge in [-0.15, -0.1) is 0 Å². The fourth-order valence-electron chi connectivity index (χ4n) is 2.45. The van der Waals surface area contributed by atoms with Crippen molar-refractivity contribution in [1.29, 1.82) is 0 Å². The van der Waals surface area contributed by atoms with Gasteiger partial charge in [-0.2, -0.15) is 0 Å². The topological polar surface area (TPSA) is 50.8 Å². The first-order valence-corrected chi connectivity index (χ1v) is 6.12. The predicted molar refractivity (Wildman–Crippen MR) is 66.2 cm³/mol. The zero-order chi connectivity index (χ0) is 12.5. The van der Waals surface area contributed by atoms with Gasteiger partial charge in [0.05, 0.1) is 18.7 Å². The van der Waals surface area contributed by atoms with Crippen LogP contribution in [-0.2, 0) is 0 Å². The quantitative estimate of drug-likeness (QED) is 0.786. The van der Waals surface area contributed by atoms with Crippen LogP contribution < -0.4 is 14.8 Å². The van der Waals surface area contributed by atoms with E-state index >= 15 is 0 Å². The smallest absolute Gasteiger partial charge is 0.258 e. The Bertz CT molecular complexity index is 475. The summed E-state index contributed by atoms with van der Waals surface area (Å²) in [5.41, 5.74) is 0.596. The maximum absolute atomic E-state index is 12.5. The summed E-state index contributed by atoms with van der Waals surface area (Å²) in [6.07, 6.45) is 0. The summed E-state index contributed by atoms with van der Waals surface area (Å²) in [5, 5.41) is 3.28. The highest BCUT2D eigenvalue weighted by Crippen LogP contribution is 2.29. The molecule has 1 amide bonds. The molecule has 2 aliphatic heterocycles. The van der Waals surface area contributed by atoms with E-state index in [1.807, 2.05) is 11.0 Å². The van der Waals surface area contributed by atoms with E-state index in [-0.39, 0.29) is 11.9 Å². The Labute approximate surface area is 106 Å². The minimum Gasteiger partial charge on any atom is -0.497 e. The first kappa shape index (κ1) is 11.3. The number of rotatable bonds is 1. The van der Waals surface area contributed by atoms with E-state index in [4.69, 9.17) is 9.47 Å². The molecule has 1 unspecified atom stereocenters. The lowest BCUT2D eigenvalue weighted by Crippen LogP contribution is -2.54. The summed E-state index contributed by atoms with van der Waals surface area (Å²) >= 11 is 0. The SMILES string of the molecule is COc1ccc2c(c1)C(=O)N1CCNCC1CO2. The number of ether oxygens (including phenoxy) is 2. The van der Waals surface area contributed by atoms with E-state index in [2.05, 4.69) is 5.32 Å². The number of fused-ring (bicyclic) bond motifs is 2. The Kier molecular flexibility index (Phi) is 2.83. The summed E-state index contributed by atoms with van der Waals surface area (Å²) in [6, 6.07) is 5.49. The number of piperazine rings is 1. The van der Waals surface area contributed by atoms with Crippen molar-refractivity contribution in [2.24, 2.45) is 0 Å². The van der Waals surface area contributed by atoms with Gasteiger partial charge in [0, 0.05) is 19.6 Å². The Balaban J connectivity index is 1.99. The summed E-state index contributed by atoms with van der Waals surface area (Å²) in [5.74, 6) is 1.36. The Morgan fingerprint density at radius 3 is 3.22 bits per heavy atom. The van der Waals surface area contributed by atoms with Crippen LogP contribution in [0.2, 0.25) is 0 Å². The molecule has 0 aliphatic carbocycles. The number of nitrogens with zero attached hydrogens (tertiary/aromatic N) is 1. The molecule has 0 aromatic heterocycles. The average Bonchev–Trinajstić information content (AvgIpc) is 2.57. The average molecular weight is 248 g/mol. The summed E-state index contributed by atoms with van der Waals surface area (Å²) in [7, 11) is 1.59. The van der Waals surface area contributed by atoms with Crippen molar-refractivity contribution in [3.05, 3.63) is 23.8 Å².